The molecule has 0 aliphatic carbocycles. The second kappa shape index (κ2) is 10.4. The lowest BCUT2D eigenvalue weighted by Crippen LogP contribution is -2.46. The van der Waals surface area contributed by atoms with E-state index in [0.717, 1.165) is 16.7 Å². The van der Waals surface area contributed by atoms with Gasteiger partial charge >= 0.3 is 0 Å². The molecule has 5 atom stereocenters. The summed E-state index contributed by atoms with van der Waals surface area (Å²) in [6.45, 7) is 1.84. The van der Waals surface area contributed by atoms with Crippen LogP contribution in [0.3, 0.4) is 0 Å². The monoisotopic (exact) mass is 432 g/mol. The third-order valence-electron chi connectivity index (χ3n) is 5.80. The molecule has 2 aliphatic heterocycles. The summed E-state index contributed by atoms with van der Waals surface area (Å²) in [6.07, 6.45) is -1.28. The highest BCUT2D eigenvalue weighted by Crippen LogP contribution is 2.36. The molecule has 32 heavy (non-hydrogen) atoms. The van der Waals surface area contributed by atoms with Crippen molar-refractivity contribution in [3.63, 3.8) is 0 Å². The van der Waals surface area contributed by atoms with Crippen molar-refractivity contribution in [2.75, 3.05) is 6.61 Å². The Kier molecular flexibility index (Phi) is 6.92. The summed E-state index contributed by atoms with van der Waals surface area (Å²) >= 11 is 0. The van der Waals surface area contributed by atoms with Crippen LogP contribution in [-0.4, -0.2) is 37.3 Å². The first-order valence-corrected chi connectivity index (χ1v) is 11.1. The van der Waals surface area contributed by atoms with E-state index in [4.69, 9.17) is 23.7 Å². The Labute approximate surface area is 188 Å². The Bertz CT molecular complexity index is 950. The van der Waals surface area contributed by atoms with E-state index in [9.17, 15) is 0 Å². The van der Waals surface area contributed by atoms with Crippen LogP contribution in [-0.2, 0) is 43.5 Å². The van der Waals surface area contributed by atoms with Gasteiger partial charge in [0.15, 0.2) is 6.29 Å². The lowest BCUT2D eigenvalue weighted by Gasteiger charge is -2.31. The van der Waals surface area contributed by atoms with E-state index in [1.165, 1.54) is 0 Å². The zero-order chi connectivity index (χ0) is 21.6. The van der Waals surface area contributed by atoms with Crippen LogP contribution < -0.4 is 0 Å². The van der Waals surface area contributed by atoms with Crippen molar-refractivity contribution >= 4 is 0 Å². The first-order chi connectivity index (χ1) is 15.9. The van der Waals surface area contributed by atoms with E-state index in [2.05, 4.69) is 36.4 Å². The lowest BCUT2D eigenvalue weighted by molar-refractivity contribution is -0.169. The highest BCUT2D eigenvalue weighted by molar-refractivity contribution is 5.15. The zero-order valence-electron chi connectivity index (χ0n) is 17.9. The summed E-state index contributed by atoms with van der Waals surface area (Å²) in [6, 6.07) is 30.4. The second-order valence-electron chi connectivity index (χ2n) is 8.16. The van der Waals surface area contributed by atoms with Gasteiger partial charge in [0.05, 0.1) is 26.4 Å². The van der Waals surface area contributed by atoms with Crippen LogP contribution in [0.1, 0.15) is 16.7 Å². The zero-order valence-corrected chi connectivity index (χ0v) is 17.9. The number of hydrogen-bond donors (Lipinski definition) is 0. The van der Waals surface area contributed by atoms with Crippen LogP contribution in [0.25, 0.3) is 0 Å². The minimum Gasteiger partial charge on any atom is -0.368 e. The van der Waals surface area contributed by atoms with E-state index in [1.807, 2.05) is 54.6 Å². The van der Waals surface area contributed by atoms with Gasteiger partial charge in [0.1, 0.15) is 24.4 Å². The van der Waals surface area contributed by atoms with Crippen molar-refractivity contribution < 1.29 is 23.7 Å². The maximum absolute atomic E-state index is 6.44. The molecule has 5 nitrogen and oxygen atoms in total. The highest BCUT2D eigenvalue weighted by Gasteiger charge is 2.55. The van der Waals surface area contributed by atoms with Gasteiger partial charge in [-0.1, -0.05) is 91.0 Å². The van der Waals surface area contributed by atoms with Gasteiger partial charge in [-0.15, -0.1) is 0 Å². The van der Waals surface area contributed by atoms with Gasteiger partial charge < -0.3 is 23.7 Å². The lowest BCUT2D eigenvalue weighted by atomic mass is 10.1. The number of epoxide rings is 1. The molecule has 5 rings (SSSR count). The average Bonchev–Trinajstić information content (AvgIpc) is 3.64. The molecule has 0 amide bonds. The van der Waals surface area contributed by atoms with Crippen molar-refractivity contribution in [3.8, 4) is 0 Å². The molecule has 0 N–H and O–H groups in total. The summed E-state index contributed by atoms with van der Waals surface area (Å²) in [7, 11) is 0. The molecule has 2 heterocycles. The van der Waals surface area contributed by atoms with E-state index in [-0.39, 0.29) is 30.7 Å². The van der Waals surface area contributed by atoms with Gasteiger partial charge in [-0.3, -0.25) is 0 Å². The number of hydrogen-bond acceptors (Lipinski definition) is 5. The normalized spacial score (nSPS) is 26.8. The summed E-state index contributed by atoms with van der Waals surface area (Å²) < 4.78 is 30.8. The molecule has 0 radical (unpaired) electrons. The van der Waals surface area contributed by atoms with Gasteiger partial charge in [0, 0.05) is 0 Å². The maximum Gasteiger partial charge on any atom is 0.187 e. The van der Waals surface area contributed by atoms with Crippen LogP contribution >= 0.6 is 0 Å². The van der Waals surface area contributed by atoms with Gasteiger partial charge in [-0.25, -0.2) is 0 Å². The van der Waals surface area contributed by atoms with E-state index in [0.29, 0.717) is 26.4 Å². The van der Waals surface area contributed by atoms with Crippen molar-refractivity contribution in [2.24, 2.45) is 0 Å². The minimum absolute atomic E-state index is 0.148. The minimum atomic E-state index is -0.319. The SMILES string of the molecule is c1ccc(CO[C@H]2[C@@H]3O[C@@H]3OC[C@@H](OCc3ccccc3)[C@@H]2OCc2ccccc2)cc1. The quantitative estimate of drug-likeness (QED) is 0.466. The third kappa shape index (κ3) is 5.44. The van der Waals surface area contributed by atoms with Gasteiger partial charge in [0.2, 0.25) is 0 Å². The molecule has 0 saturated carbocycles. The maximum atomic E-state index is 6.44. The largest absolute Gasteiger partial charge is 0.368 e. The van der Waals surface area contributed by atoms with Crippen LogP contribution in [0.2, 0.25) is 0 Å². The molecule has 2 aliphatic rings. The molecule has 0 aromatic heterocycles. The van der Waals surface area contributed by atoms with Crippen molar-refractivity contribution in [2.45, 2.75) is 50.5 Å². The average molecular weight is 433 g/mol. The number of fused-ring (bicyclic) bond motifs is 1. The fraction of sp³-hybridized carbons (Fsp3) is 0.333. The Balaban J connectivity index is 1.32. The molecular weight excluding hydrogens is 404 g/mol. The molecule has 3 aromatic carbocycles. The predicted molar refractivity (Wildman–Crippen MR) is 120 cm³/mol. The molecular formula is C27H28O5. The first kappa shape index (κ1) is 21.3. The molecule has 0 bridgehead atoms. The Morgan fingerprint density at radius 2 is 1.06 bits per heavy atom. The fourth-order valence-corrected chi connectivity index (χ4v) is 4.00. The van der Waals surface area contributed by atoms with E-state index >= 15 is 0 Å². The summed E-state index contributed by atoms with van der Waals surface area (Å²) in [4.78, 5) is 0. The van der Waals surface area contributed by atoms with Crippen LogP contribution in [0.15, 0.2) is 91.0 Å². The third-order valence-corrected chi connectivity index (χ3v) is 5.80. The van der Waals surface area contributed by atoms with Gasteiger partial charge in [-0.05, 0) is 16.7 Å². The van der Waals surface area contributed by atoms with E-state index in [1.54, 1.807) is 0 Å². The van der Waals surface area contributed by atoms with Gasteiger partial charge in [-0.2, -0.15) is 0 Å². The first-order valence-electron chi connectivity index (χ1n) is 11.1. The van der Waals surface area contributed by atoms with Crippen LogP contribution in [0.4, 0.5) is 0 Å². The van der Waals surface area contributed by atoms with Gasteiger partial charge in [0.25, 0.3) is 0 Å². The molecule has 0 spiro atoms. The predicted octanol–water partition coefficient (Wildman–Crippen LogP) is 4.50. The molecule has 3 aromatic rings. The standard InChI is InChI=1S/C27H28O5/c1-4-10-20(11-5-1)16-28-23-19-31-27-26(32-27)25(30-18-22-14-8-3-9-15-22)24(23)29-17-21-12-6-2-7-13-21/h1-15,23-27H,16-19H2/t23-,24+,25-,26+,27+/m1/s1. The molecule has 5 heteroatoms. The summed E-state index contributed by atoms with van der Waals surface area (Å²) in [5, 5.41) is 0. The number of ether oxygens (including phenoxy) is 5. The van der Waals surface area contributed by atoms with Crippen molar-refractivity contribution in [3.05, 3.63) is 108 Å². The number of benzene rings is 3. The van der Waals surface area contributed by atoms with Crippen molar-refractivity contribution in [1.82, 2.24) is 0 Å². The Morgan fingerprint density at radius 3 is 1.59 bits per heavy atom. The highest BCUT2D eigenvalue weighted by atomic mass is 16.8. The smallest absolute Gasteiger partial charge is 0.187 e. The van der Waals surface area contributed by atoms with Crippen LogP contribution in [0, 0.1) is 0 Å². The van der Waals surface area contributed by atoms with Crippen molar-refractivity contribution in [1.29, 1.82) is 0 Å². The molecule has 2 fully saturated rings. The molecule has 2 saturated heterocycles. The molecule has 166 valence electrons. The van der Waals surface area contributed by atoms with Crippen LogP contribution in [0.5, 0.6) is 0 Å². The Morgan fingerprint density at radius 1 is 0.594 bits per heavy atom. The Hall–Kier alpha value is -2.54. The second-order valence-corrected chi connectivity index (χ2v) is 8.16. The summed E-state index contributed by atoms with van der Waals surface area (Å²) in [5.74, 6) is 0. The number of rotatable bonds is 9. The molecule has 0 unspecified atom stereocenters. The fourth-order valence-electron chi connectivity index (χ4n) is 4.00. The van der Waals surface area contributed by atoms with E-state index < -0.39 is 0 Å². The topological polar surface area (TPSA) is 49.5 Å². The summed E-state index contributed by atoms with van der Waals surface area (Å²) in [5.41, 5.74) is 3.33.